The van der Waals surface area contributed by atoms with Gasteiger partial charge in [-0.25, -0.2) is 19.6 Å². The zero-order chi connectivity index (χ0) is 45.0. The number of benzene rings is 3. The Morgan fingerprint density at radius 2 is 1.62 bits per heavy atom. The summed E-state index contributed by atoms with van der Waals surface area (Å²) in [4.78, 5) is 73.8. The molecule has 338 valence electrons. The second kappa shape index (κ2) is 17.4. The number of carbonyl (C=O) groups is 4. The maximum atomic E-state index is 14.4. The largest absolute Gasteiger partial charge is 0.488 e. The fourth-order valence-corrected chi connectivity index (χ4v) is 10.4. The molecule has 6 heterocycles. The van der Waals surface area contributed by atoms with Crippen molar-refractivity contribution in [2.75, 3.05) is 34.0 Å². The highest BCUT2D eigenvalue weighted by molar-refractivity contribution is 6.07. The van der Waals surface area contributed by atoms with Crippen molar-refractivity contribution in [3.05, 3.63) is 65.9 Å². The maximum Gasteiger partial charge on any atom is 0.407 e. The SMILES string of the molecule is COC(=O)NC(C(=O)N1C[C@@H](C)[C@@H](C)[C@H]1c1ncc(-c2ccc3c(c2)COc2cc4c(ccc5[nH]c([C@@H]6CC[C@H](C)N6C(=O)[C@@H](NC(=O)OC)C(C)C)nc54)cc2-3)[nH]1)C1CCOCC1. The van der Waals surface area contributed by atoms with Gasteiger partial charge in [0.25, 0.3) is 0 Å². The van der Waals surface area contributed by atoms with Crippen LogP contribution in [0.15, 0.2) is 48.7 Å². The number of hydrogen-bond acceptors (Lipinski definition) is 10. The van der Waals surface area contributed by atoms with Crippen LogP contribution < -0.4 is 15.4 Å². The van der Waals surface area contributed by atoms with Crippen molar-refractivity contribution in [2.45, 2.75) is 97.1 Å². The molecule has 5 aromatic rings. The summed E-state index contributed by atoms with van der Waals surface area (Å²) in [5, 5.41) is 7.55. The lowest BCUT2D eigenvalue weighted by atomic mass is 9.90. The zero-order valence-electron chi connectivity index (χ0n) is 37.5. The van der Waals surface area contributed by atoms with E-state index in [-0.39, 0.29) is 53.6 Å². The van der Waals surface area contributed by atoms with Gasteiger partial charge in [0, 0.05) is 36.8 Å². The Kier molecular flexibility index (Phi) is 11.7. The molecule has 16 nitrogen and oxygen atoms in total. The molecule has 3 fully saturated rings. The lowest BCUT2D eigenvalue weighted by Crippen LogP contribution is -2.53. The van der Waals surface area contributed by atoms with Crippen molar-refractivity contribution in [1.82, 2.24) is 40.4 Å². The molecular formula is C48H58N8O8. The Hall–Kier alpha value is -6.16. The third-order valence-electron chi connectivity index (χ3n) is 14.1. The molecular weight excluding hydrogens is 817 g/mol. The highest BCUT2D eigenvalue weighted by Crippen LogP contribution is 2.45. The van der Waals surface area contributed by atoms with Gasteiger partial charge in [-0.15, -0.1) is 0 Å². The molecule has 4 amide bonds. The van der Waals surface area contributed by atoms with Gasteiger partial charge in [-0.3, -0.25) is 9.59 Å². The number of alkyl carbamates (subject to hydrolysis) is 2. The molecule has 4 N–H and O–H groups in total. The quantitative estimate of drug-likeness (QED) is 0.116. The Morgan fingerprint density at radius 1 is 0.859 bits per heavy atom. The van der Waals surface area contributed by atoms with Gasteiger partial charge >= 0.3 is 12.2 Å². The van der Waals surface area contributed by atoms with Gasteiger partial charge in [0.2, 0.25) is 11.8 Å². The second-order valence-corrected chi connectivity index (χ2v) is 18.4. The van der Waals surface area contributed by atoms with Crippen molar-refractivity contribution in [3.63, 3.8) is 0 Å². The van der Waals surface area contributed by atoms with Crippen LogP contribution in [0.4, 0.5) is 9.59 Å². The monoisotopic (exact) mass is 874 g/mol. The van der Waals surface area contributed by atoms with E-state index in [4.69, 9.17) is 28.9 Å². The predicted octanol–water partition coefficient (Wildman–Crippen LogP) is 7.40. The summed E-state index contributed by atoms with van der Waals surface area (Å²) in [5.74, 6) is 2.05. The van der Waals surface area contributed by atoms with Crippen LogP contribution in [0.2, 0.25) is 0 Å². The first-order valence-electron chi connectivity index (χ1n) is 22.5. The highest BCUT2D eigenvalue weighted by atomic mass is 16.5. The lowest BCUT2D eigenvalue weighted by Gasteiger charge is -2.34. The molecule has 0 saturated carbocycles. The fraction of sp³-hybridized carbons (Fsp3) is 0.500. The third kappa shape index (κ3) is 7.79. The summed E-state index contributed by atoms with van der Waals surface area (Å²) in [6, 6.07) is 12.6. The van der Waals surface area contributed by atoms with Gasteiger partial charge in [0.05, 0.1) is 49.2 Å². The number of aromatic nitrogens is 4. The molecule has 9 rings (SSSR count). The van der Waals surface area contributed by atoms with E-state index in [2.05, 4.69) is 70.8 Å². The number of H-pyrrole nitrogens is 2. The molecule has 0 aliphatic carbocycles. The van der Waals surface area contributed by atoms with Crippen LogP contribution in [0.5, 0.6) is 5.75 Å². The average molecular weight is 875 g/mol. The number of likely N-dealkylation sites (tertiary alicyclic amines) is 2. The topological polar surface area (TPSA) is 193 Å². The number of methoxy groups -OCH3 is 2. The van der Waals surface area contributed by atoms with E-state index >= 15 is 0 Å². The molecule has 3 saturated heterocycles. The lowest BCUT2D eigenvalue weighted by molar-refractivity contribution is -0.138. The Morgan fingerprint density at radius 3 is 2.38 bits per heavy atom. The van der Waals surface area contributed by atoms with Crippen LogP contribution in [0.1, 0.15) is 89.6 Å². The molecule has 0 spiro atoms. The van der Waals surface area contributed by atoms with E-state index in [1.54, 1.807) is 0 Å². The van der Waals surface area contributed by atoms with Gasteiger partial charge in [0.15, 0.2) is 0 Å². The van der Waals surface area contributed by atoms with E-state index in [0.29, 0.717) is 50.9 Å². The van der Waals surface area contributed by atoms with Gasteiger partial charge in [-0.05, 0) is 103 Å². The van der Waals surface area contributed by atoms with E-state index in [1.807, 2.05) is 42.8 Å². The number of imidazole rings is 2. The van der Waals surface area contributed by atoms with Crippen LogP contribution in [0.3, 0.4) is 0 Å². The van der Waals surface area contributed by atoms with Crippen molar-refractivity contribution in [1.29, 1.82) is 0 Å². The second-order valence-electron chi connectivity index (χ2n) is 18.4. The first-order valence-corrected chi connectivity index (χ1v) is 22.5. The Balaban J connectivity index is 0.969. The van der Waals surface area contributed by atoms with E-state index in [1.165, 1.54) is 14.2 Å². The molecule has 16 heteroatoms. The molecule has 64 heavy (non-hydrogen) atoms. The number of nitrogens with zero attached hydrogens (tertiary/aromatic N) is 4. The van der Waals surface area contributed by atoms with Gasteiger partial charge < -0.3 is 49.3 Å². The van der Waals surface area contributed by atoms with Crippen molar-refractivity contribution in [3.8, 4) is 28.1 Å². The molecule has 0 bridgehead atoms. The first-order chi connectivity index (χ1) is 30.8. The van der Waals surface area contributed by atoms with Crippen LogP contribution in [-0.4, -0.2) is 106 Å². The fourth-order valence-electron chi connectivity index (χ4n) is 10.4. The van der Waals surface area contributed by atoms with Gasteiger partial charge in [-0.2, -0.15) is 0 Å². The smallest absolute Gasteiger partial charge is 0.407 e. The van der Waals surface area contributed by atoms with Crippen LogP contribution in [0, 0.1) is 23.7 Å². The number of rotatable bonds is 9. The maximum absolute atomic E-state index is 14.4. The third-order valence-corrected chi connectivity index (χ3v) is 14.1. The number of amides is 4. The molecule has 2 aromatic heterocycles. The number of carbonyl (C=O) groups excluding carboxylic acids is 4. The van der Waals surface area contributed by atoms with E-state index < -0.39 is 24.3 Å². The minimum absolute atomic E-state index is 0.0289. The first kappa shape index (κ1) is 43.1. The van der Waals surface area contributed by atoms with E-state index in [0.717, 1.165) is 68.3 Å². The van der Waals surface area contributed by atoms with Crippen LogP contribution in [0.25, 0.3) is 44.2 Å². The molecule has 0 radical (unpaired) electrons. The molecule has 4 aliphatic heterocycles. The van der Waals surface area contributed by atoms with Gasteiger partial charge in [-0.1, -0.05) is 45.9 Å². The summed E-state index contributed by atoms with van der Waals surface area (Å²) < 4.78 is 21.8. The number of fused-ring (bicyclic) bond motifs is 6. The number of ether oxygens (including phenoxy) is 4. The highest BCUT2D eigenvalue weighted by Gasteiger charge is 2.46. The Labute approximate surface area is 372 Å². The molecule has 7 atom stereocenters. The normalized spacial score (nSPS) is 23.1. The number of nitrogens with one attached hydrogen (secondary N) is 4. The minimum atomic E-state index is -0.729. The number of hydrogen-bond donors (Lipinski definition) is 4. The molecule has 1 unspecified atom stereocenters. The van der Waals surface area contributed by atoms with Crippen molar-refractivity contribution >= 4 is 45.8 Å². The Bertz CT molecular complexity index is 2600. The molecule has 4 aliphatic rings. The van der Waals surface area contributed by atoms with Crippen LogP contribution >= 0.6 is 0 Å². The summed E-state index contributed by atoms with van der Waals surface area (Å²) in [7, 11) is 2.61. The number of aromatic amines is 2. The summed E-state index contributed by atoms with van der Waals surface area (Å²) in [5.41, 5.74) is 6.57. The summed E-state index contributed by atoms with van der Waals surface area (Å²) in [6.45, 7) is 12.2. The summed E-state index contributed by atoms with van der Waals surface area (Å²) in [6.07, 6.45) is 3.49. The van der Waals surface area contributed by atoms with E-state index in [9.17, 15) is 19.2 Å². The predicted molar refractivity (Wildman–Crippen MR) is 239 cm³/mol. The minimum Gasteiger partial charge on any atom is -0.488 e. The van der Waals surface area contributed by atoms with Crippen LogP contribution in [-0.2, 0) is 30.4 Å². The molecule has 3 aromatic carbocycles. The average Bonchev–Trinajstić information content (AvgIpc) is 4.11. The van der Waals surface area contributed by atoms with Gasteiger partial charge in [0.1, 0.15) is 36.1 Å². The standard InChI is InChI=1S/C48H58N8O8/c1-24(2)39(53-47(59)61-6)46(58)56-26(4)8-13-37(56)43-50-35-12-10-29-19-34-32-11-9-30(18-31(32)23-64-38(34)20-33(29)41(35)52-43)36-21-49-44(51-36)42-27(5)25(3)22-55(42)45(57)40(54-48(60)62-7)28-14-16-63-17-15-28/h9-12,18-21,24-28,37,39-40,42H,8,13-17,22-23H2,1-7H3,(H,49,51)(H,50,52)(H,53,59)(H,54,60)/t25-,26+,27-,37+,39+,40?,42+/m1/s1. The van der Waals surface area contributed by atoms with Crippen molar-refractivity contribution < 1.29 is 38.1 Å². The summed E-state index contributed by atoms with van der Waals surface area (Å²) >= 11 is 0. The van der Waals surface area contributed by atoms with Crippen molar-refractivity contribution in [2.24, 2.45) is 23.7 Å². The zero-order valence-corrected chi connectivity index (χ0v) is 37.5.